The van der Waals surface area contributed by atoms with E-state index < -0.39 is 0 Å². The average Bonchev–Trinajstić information content (AvgIpc) is 2.88. The van der Waals surface area contributed by atoms with Gasteiger partial charge in [-0.05, 0) is 34.7 Å². The summed E-state index contributed by atoms with van der Waals surface area (Å²) in [5.74, 6) is 0.624. The fourth-order valence-electron chi connectivity index (χ4n) is 2.33. The van der Waals surface area contributed by atoms with Crippen LogP contribution in [-0.4, -0.2) is 0 Å². The Bertz CT molecular complexity index is 517. The smallest absolute Gasteiger partial charge is 0.0439 e. The third-order valence-corrected chi connectivity index (χ3v) is 3.65. The lowest BCUT2D eigenvalue weighted by atomic mass is 9.99. The zero-order valence-corrected chi connectivity index (χ0v) is 8.90. The first-order valence-electron chi connectivity index (χ1n) is 5.48. The SMILES string of the molecule is CC1CC1(N)c1ccc2ccccc2c1. The monoisotopic (exact) mass is 197 g/mol. The standard InChI is InChI=1S/C14H15N/c1-10-9-14(10,15)13-7-6-11-4-2-3-5-12(11)8-13/h2-8,10H,9,15H2,1H3. The maximum Gasteiger partial charge on any atom is 0.0439 e. The molecule has 1 nitrogen and oxygen atoms in total. The van der Waals surface area contributed by atoms with Gasteiger partial charge in [-0.25, -0.2) is 0 Å². The molecule has 1 aliphatic carbocycles. The van der Waals surface area contributed by atoms with Gasteiger partial charge >= 0.3 is 0 Å². The van der Waals surface area contributed by atoms with Gasteiger partial charge < -0.3 is 5.73 Å². The van der Waals surface area contributed by atoms with E-state index in [9.17, 15) is 0 Å². The van der Waals surface area contributed by atoms with E-state index in [-0.39, 0.29) is 5.54 Å². The number of hydrogen-bond acceptors (Lipinski definition) is 1. The summed E-state index contributed by atoms with van der Waals surface area (Å²) in [4.78, 5) is 0. The molecular weight excluding hydrogens is 182 g/mol. The fourth-order valence-corrected chi connectivity index (χ4v) is 2.33. The Morgan fingerprint density at radius 2 is 1.80 bits per heavy atom. The third-order valence-electron chi connectivity index (χ3n) is 3.65. The van der Waals surface area contributed by atoms with Gasteiger partial charge in [0, 0.05) is 5.54 Å². The van der Waals surface area contributed by atoms with Crippen molar-refractivity contribution in [2.75, 3.05) is 0 Å². The van der Waals surface area contributed by atoms with Gasteiger partial charge in [0.05, 0.1) is 0 Å². The van der Waals surface area contributed by atoms with Gasteiger partial charge in [-0.2, -0.15) is 0 Å². The summed E-state index contributed by atoms with van der Waals surface area (Å²) in [6.07, 6.45) is 1.12. The van der Waals surface area contributed by atoms with Crippen molar-refractivity contribution in [2.45, 2.75) is 18.9 Å². The molecule has 1 fully saturated rings. The summed E-state index contributed by atoms with van der Waals surface area (Å²) in [6.45, 7) is 2.22. The molecule has 0 radical (unpaired) electrons. The van der Waals surface area contributed by atoms with Crippen molar-refractivity contribution in [3.63, 3.8) is 0 Å². The maximum absolute atomic E-state index is 6.30. The lowest BCUT2D eigenvalue weighted by Crippen LogP contribution is -2.21. The average molecular weight is 197 g/mol. The van der Waals surface area contributed by atoms with Gasteiger partial charge in [-0.3, -0.25) is 0 Å². The fraction of sp³-hybridized carbons (Fsp3) is 0.286. The van der Waals surface area contributed by atoms with E-state index in [1.165, 1.54) is 16.3 Å². The van der Waals surface area contributed by atoms with Gasteiger partial charge in [-0.1, -0.05) is 43.3 Å². The highest BCUT2D eigenvalue weighted by atomic mass is 14.8. The molecule has 0 saturated heterocycles. The first kappa shape index (κ1) is 8.93. The lowest BCUT2D eigenvalue weighted by molar-refractivity contribution is 0.666. The van der Waals surface area contributed by atoms with Crippen molar-refractivity contribution >= 4 is 10.8 Å². The third kappa shape index (κ3) is 1.27. The van der Waals surface area contributed by atoms with Gasteiger partial charge in [-0.15, -0.1) is 0 Å². The largest absolute Gasteiger partial charge is 0.321 e. The Morgan fingerprint density at radius 1 is 1.13 bits per heavy atom. The Labute approximate surface area is 89.9 Å². The van der Waals surface area contributed by atoms with Crippen molar-refractivity contribution in [3.05, 3.63) is 48.0 Å². The van der Waals surface area contributed by atoms with Crippen LogP contribution in [0, 0.1) is 5.92 Å². The summed E-state index contributed by atoms with van der Waals surface area (Å²) in [5, 5.41) is 2.58. The van der Waals surface area contributed by atoms with Crippen LogP contribution < -0.4 is 5.73 Å². The van der Waals surface area contributed by atoms with E-state index >= 15 is 0 Å². The lowest BCUT2D eigenvalue weighted by Gasteiger charge is -2.11. The molecule has 1 saturated carbocycles. The Hall–Kier alpha value is -1.34. The molecule has 2 N–H and O–H groups in total. The van der Waals surface area contributed by atoms with Crippen LogP contribution in [0.5, 0.6) is 0 Å². The van der Waals surface area contributed by atoms with Crippen LogP contribution >= 0.6 is 0 Å². The van der Waals surface area contributed by atoms with Crippen LogP contribution in [0.2, 0.25) is 0 Å². The second-order valence-corrected chi connectivity index (χ2v) is 4.71. The van der Waals surface area contributed by atoms with Crippen LogP contribution in [0.4, 0.5) is 0 Å². The van der Waals surface area contributed by atoms with Crippen LogP contribution in [0.25, 0.3) is 10.8 Å². The number of rotatable bonds is 1. The van der Waals surface area contributed by atoms with Crippen molar-refractivity contribution < 1.29 is 0 Å². The van der Waals surface area contributed by atoms with E-state index in [0.29, 0.717) is 5.92 Å². The first-order valence-corrected chi connectivity index (χ1v) is 5.48. The summed E-state index contributed by atoms with van der Waals surface area (Å²) in [7, 11) is 0. The zero-order chi connectivity index (χ0) is 10.5. The number of fused-ring (bicyclic) bond motifs is 1. The van der Waals surface area contributed by atoms with Crippen LogP contribution in [0.1, 0.15) is 18.9 Å². The van der Waals surface area contributed by atoms with Gasteiger partial charge in [0.2, 0.25) is 0 Å². The molecule has 0 bridgehead atoms. The van der Waals surface area contributed by atoms with E-state index in [1.807, 2.05) is 0 Å². The molecule has 2 aromatic carbocycles. The van der Waals surface area contributed by atoms with Gasteiger partial charge in [0.25, 0.3) is 0 Å². The summed E-state index contributed by atoms with van der Waals surface area (Å²) in [5.41, 5.74) is 7.54. The highest BCUT2D eigenvalue weighted by Gasteiger charge is 2.48. The molecule has 0 heterocycles. The molecule has 15 heavy (non-hydrogen) atoms. The Kier molecular flexibility index (Phi) is 1.68. The van der Waals surface area contributed by atoms with Crippen molar-refractivity contribution in [2.24, 2.45) is 11.7 Å². The van der Waals surface area contributed by atoms with Crippen molar-refractivity contribution in [1.29, 1.82) is 0 Å². The van der Waals surface area contributed by atoms with Crippen molar-refractivity contribution in [1.82, 2.24) is 0 Å². The molecule has 76 valence electrons. The minimum absolute atomic E-state index is 0.0516. The summed E-state index contributed by atoms with van der Waals surface area (Å²) >= 11 is 0. The molecule has 0 aromatic heterocycles. The molecule has 3 rings (SSSR count). The first-order chi connectivity index (χ1) is 7.20. The van der Waals surface area contributed by atoms with Crippen LogP contribution in [-0.2, 0) is 5.54 Å². The van der Waals surface area contributed by atoms with Crippen LogP contribution in [0.3, 0.4) is 0 Å². The molecule has 0 aliphatic heterocycles. The normalized spacial score (nSPS) is 29.3. The summed E-state index contributed by atoms with van der Waals surface area (Å²) in [6, 6.07) is 15.0. The number of nitrogens with two attached hydrogens (primary N) is 1. The second kappa shape index (κ2) is 2.83. The molecule has 1 aliphatic rings. The van der Waals surface area contributed by atoms with Crippen LogP contribution in [0.15, 0.2) is 42.5 Å². The van der Waals surface area contributed by atoms with E-state index in [0.717, 1.165) is 6.42 Å². The quantitative estimate of drug-likeness (QED) is 0.747. The highest BCUT2D eigenvalue weighted by molar-refractivity contribution is 5.83. The minimum atomic E-state index is -0.0516. The van der Waals surface area contributed by atoms with E-state index in [2.05, 4.69) is 49.4 Å². The predicted octanol–water partition coefficient (Wildman–Crippen LogP) is 3.03. The predicted molar refractivity (Wildman–Crippen MR) is 63.6 cm³/mol. The Morgan fingerprint density at radius 3 is 2.47 bits per heavy atom. The number of hydrogen-bond donors (Lipinski definition) is 1. The van der Waals surface area contributed by atoms with Gasteiger partial charge in [0.15, 0.2) is 0 Å². The second-order valence-electron chi connectivity index (χ2n) is 4.71. The Balaban J connectivity index is 2.15. The molecular formula is C14H15N. The highest BCUT2D eigenvalue weighted by Crippen LogP contribution is 2.49. The maximum atomic E-state index is 6.30. The zero-order valence-electron chi connectivity index (χ0n) is 8.90. The number of benzene rings is 2. The summed E-state index contributed by atoms with van der Waals surface area (Å²) < 4.78 is 0. The van der Waals surface area contributed by atoms with Crippen molar-refractivity contribution in [3.8, 4) is 0 Å². The van der Waals surface area contributed by atoms with E-state index in [4.69, 9.17) is 5.73 Å². The molecule has 1 heteroatoms. The molecule has 0 spiro atoms. The minimum Gasteiger partial charge on any atom is -0.321 e. The van der Waals surface area contributed by atoms with Gasteiger partial charge in [0.1, 0.15) is 0 Å². The molecule has 2 unspecified atom stereocenters. The molecule has 2 atom stereocenters. The molecule has 0 amide bonds. The topological polar surface area (TPSA) is 26.0 Å². The molecule has 2 aromatic rings. The van der Waals surface area contributed by atoms with E-state index in [1.54, 1.807) is 0 Å².